The fourth-order valence-electron chi connectivity index (χ4n) is 3.85. The van der Waals surface area contributed by atoms with Crippen molar-refractivity contribution in [2.75, 3.05) is 0 Å². The van der Waals surface area contributed by atoms with Gasteiger partial charge in [-0.1, -0.05) is 42.5 Å². The lowest BCUT2D eigenvalue weighted by atomic mass is 10.0. The van der Waals surface area contributed by atoms with E-state index in [1.807, 2.05) is 54.7 Å². The summed E-state index contributed by atoms with van der Waals surface area (Å²) in [6.45, 7) is 0. The van der Waals surface area contributed by atoms with Gasteiger partial charge in [-0.2, -0.15) is 0 Å². The van der Waals surface area contributed by atoms with Gasteiger partial charge in [0.2, 0.25) is 0 Å². The SMILES string of the molecule is c1ccc2cc(-c3cc(-c4ccc5cccnc5n4)c4ccccc4n3)ncc2c1. The Morgan fingerprint density at radius 1 is 0.533 bits per heavy atom. The highest BCUT2D eigenvalue weighted by molar-refractivity contribution is 5.97. The van der Waals surface area contributed by atoms with Crippen LogP contribution in [-0.2, 0) is 0 Å². The predicted octanol–water partition coefficient (Wildman–Crippen LogP) is 6.06. The summed E-state index contributed by atoms with van der Waals surface area (Å²) in [4.78, 5) is 18.8. The van der Waals surface area contributed by atoms with E-state index in [4.69, 9.17) is 9.97 Å². The number of nitrogens with zero attached hydrogens (tertiary/aromatic N) is 4. The van der Waals surface area contributed by atoms with Gasteiger partial charge < -0.3 is 0 Å². The molecule has 140 valence electrons. The molecule has 0 fully saturated rings. The predicted molar refractivity (Wildman–Crippen MR) is 121 cm³/mol. The quantitative estimate of drug-likeness (QED) is 0.364. The fraction of sp³-hybridized carbons (Fsp3) is 0. The van der Waals surface area contributed by atoms with Crippen LogP contribution in [0.15, 0.2) is 97.3 Å². The van der Waals surface area contributed by atoms with Crippen LogP contribution in [0.2, 0.25) is 0 Å². The molecule has 0 unspecified atom stereocenters. The van der Waals surface area contributed by atoms with E-state index >= 15 is 0 Å². The number of aromatic nitrogens is 4. The van der Waals surface area contributed by atoms with Gasteiger partial charge in [-0.25, -0.2) is 15.0 Å². The van der Waals surface area contributed by atoms with Gasteiger partial charge in [0.25, 0.3) is 0 Å². The zero-order valence-corrected chi connectivity index (χ0v) is 16.0. The normalized spacial score (nSPS) is 11.3. The number of hydrogen-bond donors (Lipinski definition) is 0. The molecule has 0 atom stereocenters. The van der Waals surface area contributed by atoms with E-state index in [0.29, 0.717) is 0 Å². The second-order valence-corrected chi connectivity index (χ2v) is 7.24. The molecular formula is C26H16N4. The molecule has 0 aliphatic heterocycles. The third kappa shape index (κ3) is 2.78. The van der Waals surface area contributed by atoms with Crippen molar-refractivity contribution in [2.45, 2.75) is 0 Å². The minimum atomic E-state index is 0.737. The highest BCUT2D eigenvalue weighted by atomic mass is 14.8. The molecule has 0 N–H and O–H groups in total. The Bertz CT molecular complexity index is 1560. The van der Waals surface area contributed by atoms with E-state index in [1.54, 1.807) is 6.20 Å². The molecule has 0 saturated carbocycles. The van der Waals surface area contributed by atoms with E-state index < -0.39 is 0 Å². The van der Waals surface area contributed by atoms with Gasteiger partial charge in [0.05, 0.1) is 22.6 Å². The largest absolute Gasteiger partial charge is 0.254 e. The molecule has 0 bridgehead atoms. The first kappa shape index (κ1) is 16.7. The third-order valence-electron chi connectivity index (χ3n) is 5.35. The molecule has 4 aromatic heterocycles. The van der Waals surface area contributed by atoms with Crippen molar-refractivity contribution in [3.8, 4) is 22.6 Å². The molecule has 6 aromatic rings. The van der Waals surface area contributed by atoms with Crippen molar-refractivity contribution in [3.05, 3.63) is 97.3 Å². The number of rotatable bonds is 2. The average molecular weight is 384 g/mol. The molecule has 2 aromatic carbocycles. The van der Waals surface area contributed by atoms with Crippen molar-refractivity contribution < 1.29 is 0 Å². The van der Waals surface area contributed by atoms with Gasteiger partial charge in [0, 0.05) is 34.1 Å². The van der Waals surface area contributed by atoms with Crippen LogP contribution in [0.25, 0.3) is 55.4 Å². The van der Waals surface area contributed by atoms with Crippen molar-refractivity contribution in [2.24, 2.45) is 0 Å². The van der Waals surface area contributed by atoms with Gasteiger partial charge in [0.1, 0.15) is 0 Å². The Morgan fingerprint density at radius 2 is 1.37 bits per heavy atom. The second kappa shape index (κ2) is 6.71. The van der Waals surface area contributed by atoms with Crippen molar-refractivity contribution in [1.82, 2.24) is 19.9 Å². The van der Waals surface area contributed by atoms with Crippen LogP contribution < -0.4 is 0 Å². The first-order chi connectivity index (χ1) is 14.8. The summed E-state index contributed by atoms with van der Waals surface area (Å²) in [6, 6.07) is 28.6. The Labute approximate surface area is 172 Å². The summed E-state index contributed by atoms with van der Waals surface area (Å²) >= 11 is 0. The number of para-hydroxylation sites is 1. The van der Waals surface area contributed by atoms with E-state index in [0.717, 1.165) is 55.4 Å². The zero-order chi connectivity index (χ0) is 19.9. The van der Waals surface area contributed by atoms with Crippen LogP contribution in [0.4, 0.5) is 0 Å². The standard InChI is InChI=1S/C26H16N4/c1-2-7-19-16-28-24(14-18(19)6-1)25-15-21(20-9-3-4-10-22(20)29-25)23-12-11-17-8-5-13-27-26(17)30-23/h1-16H. The Kier molecular flexibility index (Phi) is 3.74. The van der Waals surface area contributed by atoms with Gasteiger partial charge in [0.15, 0.2) is 5.65 Å². The van der Waals surface area contributed by atoms with E-state index in [1.165, 1.54) is 0 Å². The molecule has 0 radical (unpaired) electrons. The van der Waals surface area contributed by atoms with E-state index in [9.17, 15) is 0 Å². The molecule has 0 amide bonds. The topological polar surface area (TPSA) is 51.6 Å². The Morgan fingerprint density at radius 3 is 2.33 bits per heavy atom. The third-order valence-corrected chi connectivity index (χ3v) is 5.35. The molecular weight excluding hydrogens is 368 g/mol. The minimum absolute atomic E-state index is 0.737. The van der Waals surface area contributed by atoms with E-state index in [2.05, 4.69) is 46.4 Å². The lowest BCUT2D eigenvalue weighted by Gasteiger charge is -2.10. The van der Waals surface area contributed by atoms with Crippen LogP contribution in [0.5, 0.6) is 0 Å². The zero-order valence-electron chi connectivity index (χ0n) is 16.0. The molecule has 0 aliphatic rings. The van der Waals surface area contributed by atoms with Gasteiger partial charge in [-0.15, -0.1) is 0 Å². The van der Waals surface area contributed by atoms with Crippen LogP contribution in [0.3, 0.4) is 0 Å². The highest BCUT2D eigenvalue weighted by Crippen LogP contribution is 2.32. The van der Waals surface area contributed by atoms with E-state index in [-0.39, 0.29) is 0 Å². The summed E-state index contributed by atoms with van der Waals surface area (Å²) in [5, 5.41) is 4.34. The summed E-state index contributed by atoms with van der Waals surface area (Å²) in [5.74, 6) is 0. The Hall–Kier alpha value is -4.18. The van der Waals surface area contributed by atoms with Crippen molar-refractivity contribution >= 4 is 32.7 Å². The first-order valence-electron chi connectivity index (χ1n) is 9.82. The molecule has 30 heavy (non-hydrogen) atoms. The number of hydrogen-bond acceptors (Lipinski definition) is 4. The first-order valence-corrected chi connectivity index (χ1v) is 9.82. The molecule has 0 spiro atoms. The molecule has 0 aliphatic carbocycles. The highest BCUT2D eigenvalue weighted by Gasteiger charge is 2.12. The number of fused-ring (bicyclic) bond motifs is 3. The van der Waals surface area contributed by atoms with Gasteiger partial charge in [-0.3, -0.25) is 4.98 Å². The summed E-state index contributed by atoms with van der Waals surface area (Å²) < 4.78 is 0. The van der Waals surface area contributed by atoms with Crippen molar-refractivity contribution in [1.29, 1.82) is 0 Å². The fourth-order valence-corrected chi connectivity index (χ4v) is 3.85. The van der Waals surface area contributed by atoms with Crippen LogP contribution >= 0.6 is 0 Å². The monoisotopic (exact) mass is 384 g/mol. The molecule has 4 heteroatoms. The molecule has 6 rings (SSSR count). The Balaban J connectivity index is 1.60. The summed E-state index contributed by atoms with van der Waals surface area (Å²) in [6.07, 6.45) is 3.67. The summed E-state index contributed by atoms with van der Waals surface area (Å²) in [5.41, 5.74) is 5.24. The van der Waals surface area contributed by atoms with Crippen LogP contribution in [0, 0.1) is 0 Å². The summed E-state index contributed by atoms with van der Waals surface area (Å²) in [7, 11) is 0. The lowest BCUT2D eigenvalue weighted by Crippen LogP contribution is -1.94. The molecule has 0 saturated heterocycles. The maximum atomic E-state index is 4.89. The smallest absolute Gasteiger partial charge is 0.159 e. The number of benzene rings is 2. The molecule has 4 nitrogen and oxygen atoms in total. The second-order valence-electron chi connectivity index (χ2n) is 7.24. The maximum Gasteiger partial charge on any atom is 0.159 e. The minimum Gasteiger partial charge on any atom is -0.254 e. The van der Waals surface area contributed by atoms with Gasteiger partial charge in [-0.05, 0) is 47.9 Å². The maximum absolute atomic E-state index is 4.89. The van der Waals surface area contributed by atoms with Crippen LogP contribution in [0.1, 0.15) is 0 Å². The average Bonchev–Trinajstić information content (AvgIpc) is 2.82. The molecule has 4 heterocycles. The van der Waals surface area contributed by atoms with Gasteiger partial charge >= 0.3 is 0 Å². The van der Waals surface area contributed by atoms with Crippen LogP contribution in [-0.4, -0.2) is 19.9 Å². The number of pyridine rings is 4. The lowest BCUT2D eigenvalue weighted by molar-refractivity contribution is 1.27. The van der Waals surface area contributed by atoms with Crippen molar-refractivity contribution in [3.63, 3.8) is 0 Å².